The molecule has 0 saturated heterocycles. The molecule has 0 aromatic carbocycles. The normalized spacial score (nSPS) is 10.7. The Balaban J connectivity index is 3.80. The van der Waals surface area contributed by atoms with E-state index in [9.17, 15) is 13.2 Å². The summed E-state index contributed by atoms with van der Waals surface area (Å²) < 4.78 is 25.4. The number of amides is 1. The smallest absolute Gasteiger partial charge is 0.422 e. The van der Waals surface area contributed by atoms with E-state index in [1.165, 1.54) is 6.92 Å². The van der Waals surface area contributed by atoms with Crippen LogP contribution in [0, 0.1) is 0 Å². The van der Waals surface area contributed by atoms with E-state index in [1.807, 2.05) is 10.3 Å². The highest BCUT2D eigenvalue weighted by molar-refractivity contribution is 7.89. The first kappa shape index (κ1) is 10.2. The summed E-state index contributed by atoms with van der Waals surface area (Å²) >= 11 is 0. The maximum atomic E-state index is 10.6. The van der Waals surface area contributed by atoms with E-state index in [1.54, 1.807) is 0 Å². The second-order valence-corrected chi connectivity index (χ2v) is 3.63. The molecule has 0 rings (SSSR count). The summed E-state index contributed by atoms with van der Waals surface area (Å²) in [6, 6.07) is 0. The zero-order chi connectivity index (χ0) is 8.91. The van der Waals surface area contributed by atoms with Crippen LogP contribution in [-0.2, 0) is 14.8 Å². The van der Waals surface area contributed by atoms with Crippen molar-refractivity contribution < 1.29 is 17.9 Å². The van der Waals surface area contributed by atoms with Crippen molar-refractivity contribution >= 4 is 16.1 Å². The molecule has 0 aliphatic carbocycles. The summed E-state index contributed by atoms with van der Waals surface area (Å²) in [5, 5.41) is 0. The molecule has 66 valence electrons. The number of rotatable bonds is 3. The lowest BCUT2D eigenvalue weighted by atomic mass is 11.0. The van der Waals surface area contributed by atoms with Gasteiger partial charge in [-0.25, -0.2) is 18.6 Å². The maximum Gasteiger partial charge on any atom is 0.422 e. The first-order chi connectivity index (χ1) is 5.02. The van der Waals surface area contributed by atoms with Crippen molar-refractivity contribution in [1.29, 1.82) is 0 Å². The molecule has 0 bridgehead atoms. The lowest BCUT2D eigenvalue weighted by molar-refractivity contribution is 0.169. The first-order valence-electron chi connectivity index (χ1n) is 2.85. The van der Waals surface area contributed by atoms with Gasteiger partial charge in [-0.2, -0.15) is 0 Å². The predicted molar refractivity (Wildman–Crippen MR) is 38.1 cm³/mol. The van der Waals surface area contributed by atoms with E-state index in [4.69, 9.17) is 0 Å². The fourth-order valence-corrected chi connectivity index (χ4v) is 0.626. The van der Waals surface area contributed by atoms with E-state index >= 15 is 0 Å². The highest BCUT2D eigenvalue weighted by atomic mass is 32.2. The number of carbonyl (C=O) groups excluding carboxylic acids is 1. The molecule has 0 unspecified atom stereocenters. The van der Waals surface area contributed by atoms with Crippen molar-refractivity contribution in [3.8, 4) is 0 Å². The number of ether oxygens (including phenoxy) is 1. The van der Waals surface area contributed by atoms with Crippen LogP contribution < -0.4 is 10.3 Å². The van der Waals surface area contributed by atoms with Gasteiger partial charge in [0.2, 0.25) is 10.0 Å². The standard InChI is InChI=1S/C4H10N2O4S/c1-3-11(8,9)6-5-4(7)10-2/h6H,3H2,1-2H3,(H,5,7). The number of hydrazine groups is 1. The van der Waals surface area contributed by atoms with Crippen LogP contribution in [0.5, 0.6) is 0 Å². The molecule has 0 radical (unpaired) electrons. The zero-order valence-electron chi connectivity index (χ0n) is 6.25. The van der Waals surface area contributed by atoms with Crippen molar-refractivity contribution in [2.75, 3.05) is 12.9 Å². The van der Waals surface area contributed by atoms with Crippen LogP contribution in [-0.4, -0.2) is 27.4 Å². The average Bonchev–Trinajstić information content (AvgIpc) is 2.00. The fourth-order valence-electron chi connectivity index (χ4n) is 0.243. The number of methoxy groups -OCH3 is 1. The van der Waals surface area contributed by atoms with Crippen molar-refractivity contribution in [1.82, 2.24) is 10.3 Å². The Morgan fingerprint density at radius 2 is 2.09 bits per heavy atom. The largest absolute Gasteiger partial charge is 0.452 e. The Bertz CT molecular complexity index is 222. The van der Waals surface area contributed by atoms with Crippen molar-refractivity contribution in [2.24, 2.45) is 0 Å². The number of hydrogen-bond acceptors (Lipinski definition) is 4. The van der Waals surface area contributed by atoms with E-state index in [0.717, 1.165) is 7.11 Å². The molecule has 0 saturated carbocycles. The Morgan fingerprint density at radius 1 is 1.55 bits per heavy atom. The second-order valence-electron chi connectivity index (χ2n) is 1.62. The maximum absolute atomic E-state index is 10.6. The molecule has 0 heterocycles. The summed E-state index contributed by atoms with van der Waals surface area (Å²) in [5.74, 6) is -0.100. The Labute approximate surface area is 64.9 Å². The molecule has 7 heteroatoms. The number of carbonyl (C=O) groups is 1. The molecule has 11 heavy (non-hydrogen) atoms. The van der Waals surface area contributed by atoms with Crippen LogP contribution in [0.4, 0.5) is 4.79 Å². The Kier molecular flexibility index (Phi) is 3.83. The highest BCUT2D eigenvalue weighted by Crippen LogP contribution is 1.78. The van der Waals surface area contributed by atoms with E-state index in [2.05, 4.69) is 4.74 Å². The van der Waals surface area contributed by atoms with Gasteiger partial charge in [0.25, 0.3) is 0 Å². The summed E-state index contributed by atoms with van der Waals surface area (Å²) in [7, 11) is -2.25. The molecule has 0 aliphatic heterocycles. The molecule has 1 amide bonds. The molecule has 0 fully saturated rings. The van der Waals surface area contributed by atoms with E-state index in [0.29, 0.717) is 0 Å². The topological polar surface area (TPSA) is 84.5 Å². The summed E-state index contributed by atoms with van der Waals surface area (Å²) in [4.78, 5) is 12.1. The van der Waals surface area contributed by atoms with Crippen LogP contribution in [0.3, 0.4) is 0 Å². The summed E-state index contributed by atoms with van der Waals surface area (Å²) in [6.07, 6.45) is -0.845. The molecule has 0 spiro atoms. The van der Waals surface area contributed by atoms with Gasteiger partial charge in [-0.05, 0) is 6.92 Å². The Hall–Kier alpha value is -0.820. The number of hydrogen-bond donors (Lipinski definition) is 2. The zero-order valence-corrected chi connectivity index (χ0v) is 7.06. The molecular weight excluding hydrogens is 172 g/mol. The molecular formula is C4H10N2O4S. The molecule has 0 aromatic rings. The van der Waals surface area contributed by atoms with Gasteiger partial charge >= 0.3 is 6.09 Å². The Morgan fingerprint density at radius 3 is 2.45 bits per heavy atom. The van der Waals surface area contributed by atoms with Crippen molar-refractivity contribution in [2.45, 2.75) is 6.92 Å². The van der Waals surface area contributed by atoms with Gasteiger partial charge in [-0.3, -0.25) is 0 Å². The monoisotopic (exact) mass is 182 g/mol. The second kappa shape index (κ2) is 4.14. The van der Waals surface area contributed by atoms with Gasteiger partial charge in [0.1, 0.15) is 0 Å². The third kappa shape index (κ3) is 4.57. The summed E-state index contributed by atoms with van der Waals surface area (Å²) in [5.41, 5.74) is 1.82. The van der Waals surface area contributed by atoms with Crippen LogP contribution in [0.25, 0.3) is 0 Å². The minimum atomic E-state index is -3.39. The van der Waals surface area contributed by atoms with Gasteiger partial charge in [-0.1, -0.05) is 0 Å². The quantitative estimate of drug-likeness (QED) is 0.559. The first-order valence-corrected chi connectivity index (χ1v) is 4.50. The number of nitrogens with one attached hydrogen (secondary N) is 2. The lowest BCUT2D eigenvalue weighted by Gasteiger charge is -2.03. The number of sulfonamides is 1. The van der Waals surface area contributed by atoms with E-state index in [-0.39, 0.29) is 5.75 Å². The molecule has 2 N–H and O–H groups in total. The lowest BCUT2D eigenvalue weighted by Crippen LogP contribution is -2.42. The van der Waals surface area contributed by atoms with Crippen LogP contribution in [0.15, 0.2) is 0 Å². The average molecular weight is 182 g/mol. The minimum absolute atomic E-state index is 0.100. The molecule has 6 nitrogen and oxygen atoms in total. The van der Waals surface area contributed by atoms with Gasteiger partial charge < -0.3 is 4.74 Å². The van der Waals surface area contributed by atoms with Crippen LogP contribution >= 0.6 is 0 Å². The van der Waals surface area contributed by atoms with E-state index < -0.39 is 16.1 Å². The van der Waals surface area contributed by atoms with Crippen molar-refractivity contribution in [3.05, 3.63) is 0 Å². The van der Waals surface area contributed by atoms with Crippen LogP contribution in [0.1, 0.15) is 6.92 Å². The third-order valence-corrected chi connectivity index (χ3v) is 2.05. The van der Waals surface area contributed by atoms with Gasteiger partial charge in [0.15, 0.2) is 0 Å². The van der Waals surface area contributed by atoms with Crippen molar-refractivity contribution in [3.63, 3.8) is 0 Å². The predicted octanol–water partition coefficient (Wildman–Crippen LogP) is -0.803. The SMILES string of the molecule is CCS(=O)(=O)NNC(=O)OC. The van der Waals surface area contributed by atoms with Gasteiger partial charge in [0.05, 0.1) is 12.9 Å². The molecule has 0 aromatic heterocycles. The van der Waals surface area contributed by atoms with Gasteiger partial charge in [0, 0.05) is 0 Å². The molecule has 0 atom stereocenters. The highest BCUT2D eigenvalue weighted by Gasteiger charge is 2.07. The molecule has 0 aliphatic rings. The minimum Gasteiger partial charge on any atom is -0.452 e. The van der Waals surface area contributed by atoms with Crippen LogP contribution in [0.2, 0.25) is 0 Å². The van der Waals surface area contributed by atoms with Gasteiger partial charge in [-0.15, -0.1) is 4.83 Å². The summed E-state index contributed by atoms with van der Waals surface area (Å²) in [6.45, 7) is 1.45. The third-order valence-electron chi connectivity index (χ3n) is 0.874. The fraction of sp³-hybridized carbons (Fsp3) is 0.750.